The molecule has 0 radical (unpaired) electrons. The normalized spacial score (nSPS) is 14.6. The number of anilines is 1. The summed E-state index contributed by atoms with van der Waals surface area (Å²) in [7, 11) is 0. The van der Waals surface area contributed by atoms with Gasteiger partial charge in [0.25, 0.3) is 0 Å². The Balaban J connectivity index is 1.22. The number of fused-ring (bicyclic) bond motifs is 1. The van der Waals surface area contributed by atoms with Gasteiger partial charge in [0.1, 0.15) is 0 Å². The summed E-state index contributed by atoms with van der Waals surface area (Å²) in [6.07, 6.45) is 0. The number of piperazine rings is 1. The molecule has 1 aliphatic rings. The van der Waals surface area contributed by atoms with Gasteiger partial charge in [-0.1, -0.05) is 66.7 Å². The number of carboxylic acid groups (broad SMARTS) is 1. The predicted molar refractivity (Wildman–Crippen MR) is 130 cm³/mol. The van der Waals surface area contributed by atoms with E-state index in [2.05, 4.69) is 76.5 Å². The maximum Gasteiger partial charge on any atom is 0.335 e. The maximum absolute atomic E-state index is 11.0. The van der Waals surface area contributed by atoms with Crippen LogP contribution in [-0.4, -0.2) is 42.2 Å². The Labute approximate surface area is 188 Å². The number of aromatic carboxylic acids is 1. The molecule has 4 nitrogen and oxygen atoms in total. The van der Waals surface area contributed by atoms with Gasteiger partial charge < -0.3 is 10.0 Å². The Kier molecular flexibility index (Phi) is 5.61. The van der Waals surface area contributed by atoms with Crippen LogP contribution in [0.4, 0.5) is 5.69 Å². The predicted octanol–water partition coefficient (Wildman–Crippen LogP) is 5.53. The van der Waals surface area contributed by atoms with Crippen molar-refractivity contribution in [3.8, 4) is 11.1 Å². The summed E-state index contributed by atoms with van der Waals surface area (Å²) >= 11 is 0. The van der Waals surface area contributed by atoms with Crippen LogP contribution in [0.2, 0.25) is 0 Å². The van der Waals surface area contributed by atoms with E-state index in [-0.39, 0.29) is 0 Å². The lowest BCUT2D eigenvalue weighted by Gasteiger charge is -2.36. The molecule has 1 fully saturated rings. The van der Waals surface area contributed by atoms with E-state index in [1.54, 1.807) is 12.1 Å². The van der Waals surface area contributed by atoms with Crippen molar-refractivity contribution >= 4 is 22.4 Å². The molecule has 0 atom stereocenters. The van der Waals surface area contributed by atoms with Gasteiger partial charge in [-0.3, -0.25) is 4.90 Å². The minimum absolute atomic E-state index is 0.333. The molecular formula is C28H26N2O2. The van der Waals surface area contributed by atoms with Crippen molar-refractivity contribution in [3.05, 3.63) is 102 Å². The number of benzene rings is 4. The molecule has 4 heteroatoms. The van der Waals surface area contributed by atoms with Crippen molar-refractivity contribution < 1.29 is 9.90 Å². The second-order valence-electron chi connectivity index (χ2n) is 8.34. The monoisotopic (exact) mass is 422 g/mol. The van der Waals surface area contributed by atoms with Gasteiger partial charge >= 0.3 is 5.97 Å². The molecule has 0 aromatic heterocycles. The number of nitrogens with zero attached hydrogens (tertiary/aromatic N) is 2. The Bertz CT molecular complexity index is 1220. The topological polar surface area (TPSA) is 43.8 Å². The van der Waals surface area contributed by atoms with Crippen molar-refractivity contribution in [1.29, 1.82) is 0 Å². The Morgan fingerprint density at radius 2 is 1.44 bits per heavy atom. The lowest BCUT2D eigenvalue weighted by molar-refractivity contribution is 0.0697. The minimum Gasteiger partial charge on any atom is -0.478 e. The van der Waals surface area contributed by atoms with Crippen LogP contribution >= 0.6 is 0 Å². The third-order valence-corrected chi connectivity index (χ3v) is 6.31. The van der Waals surface area contributed by atoms with Gasteiger partial charge in [-0.25, -0.2) is 4.79 Å². The van der Waals surface area contributed by atoms with Gasteiger partial charge in [-0.05, 0) is 51.7 Å². The van der Waals surface area contributed by atoms with E-state index in [1.807, 2.05) is 12.1 Å². The first kappa shape index (κ1) is 20.3. The fraction of sp³-hybridized carbons (Fsp3) is 0.179. The minimum atomic E-state index is -0.882. The Hall–Kier alpha value is -3.63. The van der Waals surface area contributed by atoms with Crippen molar-refractivity contribution in [2.45, 2.75) is 6.54 Å². The molecule has 1 heterocycles. The standard InChI is InChI=1S/C28H26N2O2/c31-28(32)24-12-14-25(15-13-24)30-18-16-29(17-19-30)20-21-8-10-23(11-9-21)27-7-3-5-22-4-1-2-6-26(22)27/h1-15H,16-20H2,(H,31,32). The zero-order valence-electron chi connectivity index (χ0n) is 17.9. The molecule has 1 N–H and O–H groups in total. The van der Waals surface area contributed by atoms with Crippen LogP contribution in [-0.2, 0) is 6.54 Å². The molecule has 0 spiro atoms. The van der Waals surface area contributed by atoms with E-state index in [9.17, 15) is 4.79 Å². The van der Waals surface area contributed by atoms with Gasteiger partial charge in [0.05, 0.1) is 5.56 Å². The first-order valence-corrected chi connectivity index (χ1v) is 11.1. The summed E-state index contributed by atoms with van der Waals surface area (Å²) in [6, 6.07) is 31.1. The molecule has 32 heavy (non-hydrogen) atoms. The lowest BCUT2D eigenvalue weighted by atomic mass is 9.97. The first-order chi connectivity index (χ1) is 15.7. The highest BCUT2D eigenvalue weighted by Gasteiger charge is 2.18. The summed E-state index contributed by atoms with van der Waals surface area (Å²) in [4.78, 5) is 15.9. The van der Waals surface area contributed by atoms with E-state index in [1.165, 1.54) is 27.5 Å². The third-order valence-electron chi connectivity index (χ3n) is 6.31. The fourth-order valence-electron chi connectivity index (χ4n) is 4.50. The van der Waals surface area contributed by atoms with Crippen LogP contribution in [0.25, 0.3) is 21.9 Å². The molecule has 0 amide bonds. The number of rotatable bonds is 5. The Morgan fingerprint density at radius 1 is 0.750 bits per heavy atom. The molecule has 1 aliphatic heterocycles. The fourth-order valence-corrected chi connectivity index (χ4v) is 4.50. The van der Waals surface area contributed by atoms with Gasteiger partial charge in [0, 0.05) is 38.4 Å². The number of carboxylic acids is 1. The zero-order chi connectivity index (χ0) is 21.9. The molecule has 0 bridgehead atoms. The largest absolute Gasteiger partial charge is 0.478 e. The van der Waals surface area contributed by atoms with E-state index in [0.717, 1.165) is 38.4 Å². The molecule has 4 aromatic carbocycles. The SMILES string of the molecule is O=C(O)c1ccc(N2CCN(Cc3ccc(-c4cccc5ccccc45)cc3)CC2)cc1. The molecule has 0 aliphatic carbocycles. The average molecular weight is 423 g/mol. The summed E-state index contributed by atoms with van der Waals surface area (Å²) in [5.41, 5.74) is 5.28. The average Bonchev–Trinajstić information content (AvgIpc) is 2.85. The van der Waals surface area contributed by atoms with Crippen LogP contribution in [0.15, 0.2) is 91.0 Å². The smallest absolute Gasteiger partial charge is 0.335 e. The summed E-state index contributed by atoms with van der Waals surface area (Å²) < 4.78 is 0. The van der Waals surface area contributed by atoms with Crippen molar-refractivity contribution in [2.24, 2.45) is 0 Å². The highest BCUT2D eigenvalue weighted by Crippen LogP contribution is 2.29. The van der Waals surface area contributed by atoms with Crippen molar-refractivity contribution in [1.82, 2.24) is 4.90 Å². The van der Waals surface area contributed by atoms with Gasteiger partial charge in [0.2, 0.25) is 0 Å². The molecule has 0 unspecified atom stereocenters. The van der Waals surface area contributed by atoms with Crippen molar-refractivity contribution in [3.63, 3.8) is 0 Å². The summed E-state index contributed by atoms with van der Waals surface area (Å²) in [5, 5.41) is 11.6. The molecule has 4 aromatic rings. The number of carbonyl (C=O) groups is 1. The quantitative estimate of drug-likeness (QED) is 0.459. The van der Waals surface area contributed by atoms with E-state index >= 15 is 0 Å². The van der Waals surface area contributed by atoms with Gasteiger partial charge in [-0.2, -0.15) is 0 Å². The van der Waals surface area contributed by atoms with Crippen molar-refractivity contribution in [2.75, 3.05) is 31.1 Å². The van der Waals surface area contributed by atoms with Crippen LogP contribution in [0.5, 0.6) is 0 Å². The number of hydrogen-bond donors (Lipinski definition) is 1. The van der Waals surface area contributed by atoms with E-state index < -0.39 is 5.97 Å². The first-order valence-electron chi connectivity index (χ1n) is 11.1. The van der Waals surface area contributed by atoms with E-state index in [4.69, 9.17) is 5.11 Å². The second-order valence-corrected chi connectivity index (χ2v) is 8.34. The summed E-state index contributed by atoms with van der Waals surface area (Å²) in [5.74, 6) is -0.882. The zero-order valence-corrected chi connectivity index (χ0v) is 17.9. The summed E-state index contributed by atoms with van der Waals surface area (Å²) in [6.45, 7) is 4.82. The van der Waals surface area contributed by atoms with Crippen LogP contribution in [0.1, 0.15) is 15.9 Å². The maximum atomic E-state index is 11.0. The highest BCUT2D eigenvalue weighted by atomic mass is 16.4. The van der Waals surface area contributed by atoms with Gasteiger partial charge in [0.15, 0.2) is 0 Å². The van der Waals surface area contributed by atoms with Gasteiger partial charge in [-0.15, -0.1) is 0 Å². The second kappa shape index (κ2) is 8.85. The highest BCUT2D eigenvalue weighted by molar-refractivity contribution is 5.96. The lowest BCUT2D eigenvalue weighted by Crippen LogP contribution is -2.45. The number of hydrogen-bond acceptors (Lipinski definition) is 3. The molecule has 160 valence electrons. The van der Waals surface area contributed by atoms with Crippen LogP contribution in [0, 0.1) is 0 Å². The molecule has 0 saturated carbocycles. The Morgan fingerprint density at radius 3 is 2.16 bits per heavy atom. The third kappa shape index (κ3) is 4.23. The molecule has 1 saturated heterocycles. The van der Waals surface area contributed by atoms with Crippen LogP contribution in [0.3, 0.4) is 0 Å². The van der Waals surface area contributed by atoms with E-state index in [0.29, 0.717) is 5.56 Å². The van der Waals surface area contributed by atoms with Crippen LogP contribution < -0.4 is 4.90 Å². The molecular weight excluding hydrogens is 396 g/mol. The molecule has 5 rings (SSSR count).